The number of rotatable bonds is 6. The van der Waals surface area contributed by atoms with E-state index in [4.69, 9.17) is 16.3 Å². The Hall–Kier alpha value is -3.91. The molecule has 0 spiro atoms. The Labute approximate surface area is 200 Å². The number of urea groups is 1. The Morgan fingerprint density at radius 1 is 1.06 bits per heavy atom. The fourth-order valence-corrected chi connectivity index (χ4v) is 3.83. The quantitative estimate of drug-likeness (QED) is 0.510. The number of carbonyl (C=O) groups is 3. The molecule has 0 bridgehead atoms. The lowest BCUT2D eigenvalue weighted by Gasteiger charge is -2.28. The SMILES string of the molecule is COc1ccc(NC(=O)N(Cc2ccc(F)cc2)C2CC(=O)N(c3ccc(Cl)cc3)C2=O)cc1. The Morgan fingerprint density at radius 2 is 1.71 bits per heavy atom. The van der Waals surface area contributed by atoms with Crippen LogP contribution in [0.4, 0.5) is 20.6 Å². The first kappa shape index (κ1) is 23.3. The summed E-state index contributed by atoms with van der Waals surface area (Å²) in [7, 11) is 1.53. The van der Waals surface area contributed by atoms with Crippen LogP contribution in [0.15, 0.2) is 72.8 Å². The number of nitrogens with one attached hydrogen (secondary N) is 1. The predicted molar refractivity (Wildman–Crippen MR) is 126 cm³/mol. The molecule has 34 heavy (non-hydrogen) atoms. The first-order valence-corrected chi connectivity index (χ1v) is 10.8. The molecule has 1 unspecified atom stereocenters. The van der Waals surface area contributed by atoms with E-state index in [1.165, 1.54) is 36.3 Å². The second kappa shape index (κ2) is 9.93. The Balaban J connectivity index is 1.61. The molecule has 7 nitrogen and oxygen atoms in total. The van der Waals surface area contributed by atoms with E-state index in [2.05, 4.69) is 5.32 Å². The minimum Gasteiger partial charge on any atom is -0.497 e. The molecule has 1 N–H and O–H groups in total. The highest BCUT2D eigenvalue weighted by molar-refractivity contribution is 6.31. The van der Waals surface area contributed by atoms with E-state index in [9.17, 15) is 18.8 Å². The van der Waals surface area contributed by atoms with Crippen molar-refractivity contribution in [1.82, 2.24) is 4.90 Å². The molecule has 4 amide bonds. The second-order valence-electron chi connectivity index (χ2n) is 7.68. The number of imide groups is 1. The standard InChI is InChI=1S/C25H21ClFN3O4/c1-34-21-12-8-19(9-13-21)28-25(33)29(15-16-2-6-18(27)7-3-16)22-14-23(31)30(24(22)32)20-10-4-17(26)5-11-20/h2-13,22H,14-15H2,1H3,(H,28,33). The van der Waals surface area contributed by atoms with Crippen LogP contribution in [0, 0.1) is 5.82 Å². The largest absolute Gasteiger partial charge is 0.497 e. The van der Waals surface area contributed by atoms with Gasteiger partial charge >= 0.3 is 6.03 Å². The first-order valence-electron chi connectivity index (χ1n) is 10.4. The molecule has 0 aromatic heterocycles. The minimum atomic E-state index is -1.04. The molecular formula is C25H21ClFN3O4. The van der Waals surface area contributed by atoms with Crippen molar-refractivity contribution in [2.45, 2.75) is 19.0 Å². The third-order valence-electron chi connectivity index (χ3n) is 5.45. The van der Waals surface area contributed by atoms with Crippen LogP contribution < -0.4 is 15.0 Å². The lowest BCUT2D eigenvalue weighted by Crippen LogP contribution is -2.46. The average molecular weight is 482 g/mol. The Morgan fingerprint density at radius 3 is 2.32 bits per heavy atom. The fourth-order valence-electron chi connectivity index (χ4n) is 3.70. The molecule has 3 aromatic carbocycles. The van der Waals surface area contributed by atoms with Crippen molar-refractivity contribution in [1.29, 1.82) is 0 Å². The van der Waals surface area contributed by atoms with E-state index >= 15 is 0 Å². The molecule has 1 fully saturated rings. The van der Waals surface area contributed by atoms with E-state index in [0.717, 1.165) is 4.90 Å². The number of hydrogen-bond acceptors (Lipinski definition) is 4. The van der Waals surface area contributed by atoms with Gasteiger partial charge in [-0.2, -0.15) is 0 Å². The fraction of sp³-hybridized carbons (Fsp3) is 0.160. The van der Waals surface area contributed by atoms with Gasteiger partial charge in [0.1, 0.15) is 17.6 Å². The zero-order chi connectivity index (χ0) is 24.2. The summed E-state index contributed by atoms with van der Waals surface area (Å²) >= 11 is 5.93. The third kappa shape index (κ3) is 5.02. The van der Waals surface area contributed by atoms with Crippen molar-refractivity contribution in [3.63, 3.8) is 0 Å². The molecular weight excluding hydrogens is 461 g/mol. The van der Waals surface area contributed by atoms with E-state index in [0.29, 0.717) is 27.7 Å². The molecule has 1 atom stereocenters. The van der Waals surface area contributed by atoms with Crippen molar-refractivity contribution in [2.24, 2.45) is 0 Å². The number of ether oxygens (including phenoxy) is 1. The van der Waals surface area contributed by atoms with E-state index in [1.807, 2.05) is 0 Å². The normalized spacial score (nSPS) is 15.4. The molecule has 3 aromatic rings. The zero-order valence-electron chi connectivity index (χ0n) is 18.2. The molecule has 4 rings (SSSR count). The van der Waals surface area contributed by atoms with Gasteiger partial charge in [0.2, 0.25) is 5.91 Å². The van der Waals surface area contributed by atoms with Crippen LogP contribution >= 0.6 is 11.6 Å². The summed E-state index contributed by atoms with van der Waals surface area (Å²) in [4.78, 5) is 41.7. The number of anilines is 2. The molecule has 1 aliphatic rings. The Kier molecular flexibility index (Phi) is 6.79. The van der Waals surface area contributed by atoms with Gasteiger partial charge in [-0.1, -0.05) is 23.7 Å². The van der Waals surface area contributed by atoms with Gasteiger partial charge in [0, 0.05) is 17.3 Å². The number of carbonyl (C=O) groups excluding carboxylic acids is 3. The van der Waals surface area contributed by atoms with Crippen LogP contribution in [0.2, 0.25) is 5.02 Å². The molecule has 1 saturated heterocycles. The van der Waals surface area contributed by atoms with Gasteiger partial charge in [0.05, 0.1) is 19.2 Å². The number of halogens is 2. The lowest BCUT2D eigenvalue weighted by molar-refractivity contribution is -0.122. The zero-order valence-corrected chi connectivity index (χ0v) is 19.0. The third-order valence-corrected chi connectivity index (χ3v) is 5.70. The number of hydrogen-bond donors (Lipinski definition) is 1. The van der Waals surface area contributed by atoms with E-state index < -0.39 is 29.7 Å². The number of nitrogens with zero attached hydrogens (tertiary/aromatic N) is 2. The summed E-state index contributed by atoms with van der Waals surface area (Å²) in [6.07, 6.45) is -0.182. The van der Waals surface area contributed by atoms with Crippen LogP contribution in [0.25, 0.3) is 0 Å². The average Bonchev–Trinajstić information content (AvgIpc) is 3.13. The Bertz CT molecular complexity index is 1200. The topological polar surface area (TPSA) is 79.0 Å². The van der Waals surface area contributed by atoms with Crippen LogP contribution in [0.5, 0.6) is 5.75 Å². The van der Waals surface area contributed by atoms with Crippen molar-refractivity contribution >= 4 is 40.8 Å². The number of benzene rings is 3. The molecule has 1 heterocycles. The highest BCUT2D eigenvalue weighted by Gasteiger charge is 2.44. The molecule has 174 valence electrons. The molecule has 9 heteroatoms. The maximum atomic E-state index is 13.4. The van der Waals surface area contributed by atoms with Gasteiger partial charge in [0.15, 0.2) is 0 Å². The summed E-state index contributed by atoms with van der Waals surface area (Å²) in [6, 6.07) is 17.0. The summed E-state index contributed by atoms with van der Waals surface area (Å²) in [6.45, 7) is 0.000409. The monoisotopic (exact) mass is 481 g/mol. The van der Waals surface area contributed by atoms with Gasteiger partial charge in [-0.05, 0) is 66.2 Å². The highest BCUT2D eigenvalue weighted by atomic mass is 35.5. The van der Waals surface area contributed by atoms with E-state index in [-0.39, 0.29) is 13.0 Å². The van der Waals surface area contributed by atoms with E-state index in [1.54, 1.807) is 48.5 Å². The van der Waals surface area contributed by atoms with Gasteiger partial charge in [-0.25, -0.2) is 14.1 Å². The van der Waals surface area contributed by atoms with Crippen LogP contribution in [0.3, 0.4) is 0 Å². The first-order chi connectivity index (χ1) is 16.4. The van der Waals surface area contributed by atoms with Crippen molar-refractivity contribution in [3.8, 4) is 5.75 Å². The summed E-state index contributed by atoms with van der Waals surface area (Å²) in [5, 5.41) is 3.23. The predicted octanol–water partition coefficient (Wildman–Crippen LogP) is 4.85. The van der Waals surface area contributed by atoms with Crippen molar-refractivity contribution in [3.05, 3.63) is 89.2 Å². The number of amides is 4. The van der Waals surface area contributed by atoms with Crippen molar-refractivity contribution < 1.29 is 23.5 Å². The second-order valence-corrected chi connectivity index (χ2v) is 8.11. The van der Waals surface area contributed by atoms with Crippen LogP contribution in [0.1, 0.15) is 12.0 Å². The molecule has 1 aliphatic heterocycles. The summed E-state index contributed by atoms with van der Waals surface area (Å²) in [5.41, 5.74) is 1.47. The highest BCUT2D eigenvalue weighted by Crippen LogP contribution is 2.28. The van der Waals surface area contributed by atoms with Gasteiger partial charge in [-0.15, -0.1) is 0 Å². The molecule has 0 saturated carbocycles. The van der Waals surface area contributed by atoms with Crippen LogP contribution in [-0.2, 0) is 16.1 Å². The maximum Gasteiger partial charge on any atom is 0.322 e. The molecule has 0 radical (unpaired) electrons. The minimum absolute atomic E-state index is 0.000409. The van der Waals surface area contributed by atoms with Crippen molar-refractivity contribution in [2.75, 3.05) is 17.3 Å². The summed E-state index contributed by atoms with van der Waals surface area (Å²) in [5.74, 6) is -0.756. The van der Waals surface area contributed by atoms with Gasteiger partial charge in [-0.3, -0.25) is 9.59 Å². The van der Waals surface area contributed by atoms with Gasteiger partial charge in [0.25, 0.3) is 5.91 Å². The lowest BCUT2D eigenvalue weighted by atomic mass is 10.1. The van der Waals surface area contributed by atoms with Crippen LogP contribution in [-0.4, -0.2) is 35.9 Å². The maximum absolute atomic E-state index is 13.4. The van der Waals surface area contributed by atoms with Gasteiger partial charge < -0.3 is 15.0 Å². The number of methoxy groups -OCH3 is 1. The smallest absolute Gasteiger partial charge is 0.322 e. The molecule has 0 aliphatic carbocycles. The summed E-state index contributed by atoms with van der Waals surface area (Å²) < 4.78 is 18.5.